The molecule has 3 aromatic carbocycles. The highest BCUT2D eigenvalue weighted by Crippen LogP contribution is 2.68. The predicted octanol–water partition coefficient (Wildman–Crippen LogP) is 6.31. The highest BCUT2D eigenvalue weighted by atomic mass is 32.2. The Kier molecular flexibility index (Phi) is 6.02. The van der Waals surface area contributed by atoms with Crippen LogP contribution in [0.25, 0.3) is 0 Å². The molecule has 0 unspecified atom stereocenters. The van der Waals surface area contributed by atoms with Crippen molar-refractivity contribution in [1.82, 2.24) is 4.98 Å². The van der Waals surface area contributed by atoms with E-state index in [0.29, 0.717) is 12.3 Å². The number of carbonyl (C=O) groups excluding carboxylic acids is 2. The van der Waals surface area contributed by atoms with Crippen LogP contribution >= 0.6 is 23.1 Å². The molecule has 212 valence electrons. The maximum Gasteiger partial charge on any atom is 0.305 e. The Bertz CT molecular complexity index is 1780. The quantitative estimate of drug-likeness (QED) is 0.274. The number of benzene rings is 3. The predicted molar refractivity (Wildman–Crippen MR) is 164 cm³/mol. The summed E-state index contributed by atoms with van der Waals surface area (Å²) in [5.74, 6) is 0.457. The number of H-pyrrole nitrogens is 1. The summed E-state index contributed by atoms with van der Waals surface area (Å²) in [5, 5.41) is 1.10. The summed E-state index contributed by atoms with van der Waals surface area (Å²) in [5.41, 5.74) is 5.24. The van der Waals surface area contributed by atoms with Crippen LogP contribution in [0.4, 0.5) is 5.69 Å². The van der Waals surface area contributed by atoms with Crippen molar-refractivity contribution >= 4 is 40.6 Å². The van der Waals surface area contributed by atoms with Crippen molar-refractivity contribution in [1.29, 1.82) is 0 Å². The molecule has 2 amide bonds. The summed E-state index contributed by atoms with van der Waals surface area (Å²) in [4.78, 5) is 45.8. The van der Waals surface area contributed by atoms with E-state index in [9.17, 15) is 14.4 Å². The van der Waals surface area contributed by atoms with E-state index < -0.39 is 0 Å². The maximum atomic E-state index is 13.9. The average molecular weight is 595 g/mol. The Morgan fingerprint density at radius 3 is 2.33 bits per heavy atom. The standard InChI is InChI=1S/C34H30N2O4S2/c1-17-7-11-21(12-8-17)36-32(37)27-23-15-24(28(27)33(36)38)29-26(23)25(30-31(41-29)35-34(39)42-30)19-9-13-22(14-10-19)40-16-20-6-4-3-5-18(20)2/h3-14,23-29H,15-16H2,1-2H3,(H,35,39)/t23-,24-,25+,26+,27+,28+,29-/m1/s1. The number of imide groups is 1. The smallest absolute Gasteiger partial charge is 0.305 e. The molecule has 2 aliphatic carbocycles. The summed E-state index contributed by atoms with van der Waals surface area (Å²) in [7, 11) is 0. The number of nitrogens with one attached hydrogen (secondary N) is 1. The van der Waals surface area contributed by atoms with Crippen molar-refractivity contribution < 1.29 is 14.3 Å². The number of fused-ring (bicyclic) bond motifs is 9. The molecule has 6 nitrogen and oxygen atoms in total. The number of anilines is 1. The number of ether oxygens (including phenoxy) is 1. The number of thioether (sulfide) groups is 1. The number of amides is 2. The normalized spacial score (nSPS) is 29.0. The minimum Gasteiger partial charge on any atom is -0.489 e. The summed E-state index contributed by atoms with van der Waals surface area (Å²) in [6.45, 7) is 4.59. The SMILES string of the molecule is Cc1ccc(N2C(=O)[C@H]3[C@H]4C[C@@H]([C@@H]3C2=O)[C@H]2[C@H](c3ccc(OCc5ccccc5C)cc3)c3sc(=O)[nH]c3S[C@H]42)cc1. The van der Waals surface area contributed by atoms with Gasteiger partial charge in [0.1, 0.15) is 12.4 Å². The first-order chi connectivity index (χ1) is 20.4. The molecular formula is C34H30N2O4S2. The first-order valence-electron chi connectivity index (χ1n) is 14.5. The second-order valence-electron chi connectivity index (χ2n) is 12.1. The molecule has 1 aromatic heterocycles. The summed E-state index contributed by atoms with van der Waals surface area (Å²) < 4.78 is 6.12. The molecule has 3 fully saturated rings. The Morgan fingerprint density at radius 1 is 0.881 bits per heavy atom. The third-order valence-corrected chi connectivity index (χ3v) is 12.5. The minimum atomic E-state index is -0.304. The molecule has 2 bridgehead atoms. The van der Waals surface area contributed by atoms with E-state index in [1.807, 2.05) is 55.5 Å². The van der Waals surface area contributed by atoms with Gasteiger partial charge in [0.15, 0.2) is 0 Å². The van der Waals surface area contributed by atoms with E-state index in [-0.39, 0.29) is 57.4 Å². The number of aryl methyl sites for hydroxylation is 2. The van der Waals surface area contributed by atoms with Crippen molar-refractivity contribution in [3.8, 4) is 5.75 Å². The fourth-order valence-electron chi connectivity index (χ4n) is 8.04. The van der Waals surface area contributed by atoms with Gasteiger partial charge in [-0.15, -0.1) is 11.8 Å². The number of aromatic amines is 1. The lowest BCUT2D eigenvalue weighted by molar-refractivity contribution is -0.123. The number of carbonyl (C=O) groups is 2. The molecule has 4 aliphatic rings. The fraction of sp³-hybridized carbons (Fsp3) is 0.324. The van der Waals surface area contributed by atoms with Gasteiger partial charge in [0.05, 0.1) is 22.5 Å². The zero-order valence-electron chi connectivity index (χ0n) is 23.3. The zero-order chi connectivity index (χ0) is 28.7. The van der Waals surface area contributed by atoms with Crippen LogP contribution in [0.5, 0.6) is 5.75 Å². The van der Waals surface area contributed by atoms with E-state index in [2.05, 4.69) is 36.2 Å². The highest BCUT2D eigenvalue weighted by Gasteiger charge is 2.69. The molecule has 3 heterocycles. The minimum absolute atomic E-state index is 0.00658. The van der Waals surface area contributed by atoms with Gasteiger partial charge in [-0.05, 0) is 79.0 Å². The first kappa shape index (κ1) is 26.0. The fourth-order valence-corrected chi connectivity index (χ4v) is 10.9. The largest absolute Gasteiger partial charge is 0.489 e. The van der Waals surface area contributed by atoms with Gasteiger partial charge in [0, 0.05) is 16.0 Å². The van der Waals surface area contributed by atoms with E-state index in [4.69, 9.17) is 4.74 Å². The molecule has 8 heteroatoms. The van der Waals surface area contributed by atoms with Gasteiger partial charge in [-0.3, -0.25) is 19.3 Å². The number of nitrogens with zero attached hydrogens (tertiary/aromatic N) is 1. The lowest BCUT2D eigenvalue weighted by atomic mass is 9.68. The van der Waals surface area contributed by atoms with Crippen LogP contribution in [0, 0.1) is 43.4 Å². The zero-order valence-corrected chi connectivity index (χ0v) is 24.9. The van der Waals surface area contributed by atoms with Crippen LogP contribution in [0.15, 0.2) is 82.6 Å². The van der Waals surface area contributed by atoms with Crippen molar-refractivity contribution in [3.63, 3.8) is 0 Å². The van der Waals surface area contributed by atoms with E-state index >= 15 is 0 Å². The number of hydrogen-bond acceptors (Lipinski definition) is 6. The number of hydrogen-bond donors (Lipinski definition) is 1. The topological polar surface area (TPSA) is 79.5 Å². The van der Waals surface area contributed by atoms with Gasteiger partial charge in [0.2, 0.25) is 11.8 Å². The molecule has 0 spiro atoms. The average Bonchev–Trinajstić information content (AvgIpc) is 3.72. The Morgan fingerprint density at radius 2 is 1.60 bits per heavy atom. The molecule has 2 aliphatic heterocycles. The molecule has 1 N–H and O–H groups in total. The third-order valence-electron chi connectivity index (χ3n) is 9.91. The first-order valence-corrected chi connectivity index (χ1v) is 16.2. The van der Waals surface area contributed by atoms with Crippen LogP contribution in [0.1, 0.15) is 39.5 Å². The number of thiazole rings is 1. The Balaban J connectivity index is 1.12. The molecule has 7 atom stereocenters. The van der Waals surface area contributed by atoms with Crippen molar-refractivity contribution in [2.24, 2.45) is 29.6 Å². The molecule has 1 saturated heterocycles. The number of rotatable bonds is 5. The molecular weight excluding hydrogens is 565 g/mol. The van der Waals surface area contributed by atoms with Crippen LogP contribution < -0.4 is 14.5 Å². The Labute approximate surface area is 252 Å². The summed E-state index contributed by atoms with van der Waals surface area (Å²) >= 11 is 3.00. The summed E-state index contributed by atoms with van der Waals surface area (Å²) in [6, 6.07) is 24.1. The molecule has 42 heavy (non-hydrogen) atoms. The van der Waals surface area contributed by atoms with Crippen LogP contribution in [0.3, 0.4) is 0 Å². The van der Waals surface area contributed by atoms with Crippen molar-refractivity contribution in [2.45, 2.75) is 43.1 Å². The maximum absolute atomic E-state index is 13.9. The van der Waals surface area contributed by atoms with E-state index in [1.54, 1.807) is 11.8 Å². The van der Waals surface area contributed by atoms with Crippen molar-refractivity contribution in [3.05, 3.63) is 110 Å². The highest BCUT2D eigenvalue weighted by molar-refractivity contribution is 8.00. The lowest BCUT2D eigenvalue weighted by Gasteiger charge is -2.43. The van der Waals surface area contributed by atoms with Gasteiger partial charge in [-0.1, -0.05) is 65.4 Å². The van der Waals surface area contributed by atoms with Gasteiger partial charge in [0.25, 0.3) is 0 Å². The van der Waals surface area contributed by atoms with Crippen LogP contribution in [0.2, 0.25) is 0 Å². The number of aromatic nitrogens is 1. The van der Waals surface area contributed by atoms with Crippen LogP contribution in [-0.4, -0.2) is 22.0 Å². The van der Waals surface area contributed by atoms with Gasteiger partial charge in [-0.25, -0.2) is 0 Å². The molecule has 2 saturated carbocycles. The second kappa shape index (κ2) is 9.71. The third kappa shape index (κ3) is 3.88. The van der Waals surface area contributed by atoms with Crippen LogP contribution in [-0.2, 0) is 16.2 Å². The van der Waals surface area contributed by atoms with Gasteiger partial charge >= 0.3 is 4.87 Å². The molecule has 0 radical (unpaired) electrons. The molecule has 4 aromatic rings. The van der Waals surface area contributed by atoms with E-state index in [0.717, 1.165) is 38.8 Å². The van der Waals surface area contributed by atoms with Crippen molar-refractivity contribution in [2.75, 3.05) is 4.90 Å². The monoisotopic (exact) mass is 594 g/mol. The van der Waals surface area contributed by atoms with E-state index in [1.165, 1.54) is 21.8 Å². The van der Waals surface area contributed by atoms with Gasteiger partial charge < -0.3 is 9.72 Å². The summed E-state index contributed by atoms with van der Waals surface area (Å²) in [6.07, 6.45) is 0.879. The Hall–Kier alpha value is -3.62. The second-order valence-corrected chi connectivity index (χ2v) is 14.3. The molecule has 8 rings (SSSR count). The lowest BCUT2D eigenvalue weighted by Crippen LogP contribution is -2.42. The van der Waals surface area contributed by atoms with Gasteiger partial charge in [-0.2, -0.15) is 0 Å².